The number of benzene rings is 3. The molecule has 9 heteroatoms. The molecule has 0 bridgehead atoms. The first-order chi connectivity index (χ1) is 18.3. The lowest BCUT2D eigenvalue weighted by atomic mass is 10.0. The third kappa shape index (κ3) is 4.99. The van der Waals surface area contributed by atoms with E-state index in [0.29, 0.717) is 28.2 Å². The largest absolute Gasteiger partial charge is 0.339 e. The zero-order valence-corrected chi connectivity index (χ0v) is 22.6. The Morgan fingerprint density at radius 2 is 1.58 bits per heavy atom. The topological polar surface area (TPSA) is 95.5 Å². The molecule has 8 nitrogen and oxygen atoms in total. The smallest absolute Gasteiger partial charge is 0.253 e. The van der Waals surface area contributed by atoms with Gasteiger partial charge in [0.05, 0.1) is 4.90 Å². The van der Waals surface area contributed by atoms with E-state index in [4.69, 9.17) is 0 Å². The zero-order valence-electron chi connectivity index (χ0n) is 21.8. The Bertz CT molecular complexity index is 1590. The van der Waals surface area contributed by atoms with E-state index in [1.165, 1.54) is 24.8 Å². The van der Waals surface area contributed by atoms with E-state index in [2.05, 4.69) is 15.5 Å². The lowest BCUT2D eigenvalue weighted by Crippen LogP contribution is -2.35. The summed E-state index contributed by atoms with van der Waals surface area (Å²) in [6.45, 7) is 3.41. The molecule has 2 heterocycles. The number of likely N-dealkylation sites (tertiary alicyclic amines) is 1. The molecular weight excluding hydrogens is 498 g/mol. The molecule has 1 saturated heterocycles. The third-order valence-electron chi connectivity index (χ3n) is 6.95. The van der Waals surface area contributed by atoms with Crippen molar-refractivity contribution in [2.24, 2.45) is 0 Å². The second-order valence-corrected chi connectivity index (χ2v) is 11.9. The van der Waals surface area contributed by atoms with Gasteiger partial charge in [-0.05, 0) is 62.1 Å². The van der Waals surface area contributed by atoms with Crippen molar-refractivity contribution in [3.8, 4) is 11.3 Å². The highest BCUT2D eigenvalue weighted by Crippen LogP contribution is 2.33. The van der Waals surface area contributed by atoms with Crippen LogP contribution in [0.25, 0.3) is 22.0 Å². The standard InChI is InChI=1S/C29H31N5O3S/c1-20-11-12-22(19-26(20)38(36,37)33(2)3)27-24-9-5-6-10-25(24)28(32-31-27)30-23-15-13-21(14-16-23)29(35)34-17-7-4-8-18-34/h5-6,9-16,19H,4,7-8,17-18H2,1-3H3,(H,30,32). The molecule has 0 aliphatic carbocycles. The fourth-order valence-electron chi connectivity index (χ4n) is 4.74. The summed E-state index contributed by atoms with van der Waals surface area (Å²) in [7, 11) is -0.569. The Kier molecular flexibility index (Phi) is 7.14. The maximum absolute atomic E-state index is 12.9. The van der Waals surface area contributed by atoms with Gasteiger partial charge in [0.1, 0.15) is 5.69 Å². The summed E-state index contributed by atoms with van der Waals surface area (Å²) in [5, 5.41) is 14.0. The predicted octanol–water partition coefficient (Wildman–Crippen LogP) is 5.23. The molecule has 38 heavy (non-hydrogen) atoms. The number of hydrogen-bond donors (Lipinski definition) is 1. The normalized spacial score (nSPS) is 14.2. The fraction of sp³-hybridized carbons (Fsp3) is 0.276. The van der Waals surface area contributed by atoms with E-state index in [9.17, 15) is 13.2 Å². The molecule has 0 atom stereocenters. The van der Waals surface area contributed by atoms with Gasteiger partial charge in [0, 0.05) is 54.8 Å². The van der Waals surface area contributed by atoms with E-state index in [1.54, 1.807) is 19.1 Å². The number of amides is 1. The molecule has 1 N–H and O–H groups in total. The van der Waals surface area contributed by atoms with Gasteiger partial charge in [0.2, 0.25) is 10.0 Å². The third-order valence-corrected chi connectivity index (χ3v) is 8.90. The molecule has 1 fully saturated rings. The van der Waals surface area contributed by atoms with E-state index >= 15 is 0 Å². The molecule has 1 amide bonds. The van der Waals surface area contributed by atoms with Gasteiger partial charge in [0.15, 0.2) is 5.82 Å². The van der Waals surface area contributed by atoms with Crippen LogP contribution in [0.2, 0.25) is 0 Å². The molecule has 3 aromatic carbocycles. The van der Waals surface area contributed by atoms with Crippen LogP contribution < -0.4 is 5.32 Å². The van der Waals surface area contributed by atoms with Gasteiger partial charge >= 0.3 is 0 Å². The number of carbonyl (C=O) groups excluding carboxylic acids is 1. The molecule has 5 rings (SSSR count). The number of sulfonamides is 1. The Labute approximate surface area is 223 Å². The van der Waals surface area contributed by atoms with E-state index < -0.39 is 10.0 Å². The number of anilines is 2. The van der Waals surface area contributed by atoms with Crippen LogP contribution in [-0.2, 0) is 10.0 Å². The minimum Gasteiger partial charge on any atom is -0.339 e. The molecule has 4 aromatic rings. The highest BCUT2D eigenvalue weighted by molar-refractivity contribution is 7.89. The Hall–Kier alpha value is -3.82. The second kappa shape index (κ2) is 10.5. The second-order valence-electron chi connectivity index (χ2n) is 9.77. The molecule has 0 unspecified atom stereocenters. The van der Waals surface area contributed by atoms with Crippen molar-refractivity contribution in [3.05, 3.63) is 77.9 Å². The molecule has 0 saturated carbocycles. The first-order valence-corrected chi connectivity index (χ1v) is 14.1. The van der Waals surface area contributed by atoms with Gasteiger partial charge in [-0.15, -0.1) is 10.2 Å². The maximum atomic E-state index is 12.9. The summed E-state index contributed by atoms with van der Waals surface area (Å²) in [4.78, 5) is 15.0. The molecule has 0 radical (unpaired) electrons. The number of nitrogens with zero attached hydrogens (tertiary/aromatic N) is 4. The predicted molar refractivity (Wildman–Crippen MR) is 150 cm³/mol. The summed E-state index contributed by atoms with van der Waals surface area (Å²) in [6, 6.07) is 20.5. The summed E-state index contributed by atoms with van der Waals surface area (Å²) in [5.41, 5.74) is 3.41. The van der Waals surface area contributed by atoms with Crippen LogP contribution in [0.4, 0.5) is 11.5 Å². The summed E-state index contributed by atoms with van der Waals surface area (Å²) < 4.78 is 26.9. The first-order valence-electron chi connectivity index (χ1n) is 12.7. The number of piperidine rings is 1. The number of aryl methyl sites for hydroxylation is 1. The molecule has 1 aliphatic heterocycles. The number of hydrogen-bond acceptors (Lipinski definition) is 6. The number of nitrogens with one attached hydrogen (secondary N) is 1. The molecule has 0 spiro atoms. The summed E-state index contributed by atoms with van der Waals surface area (Å²) in [5.74, 6) is 0.646. The van der Waals surface area contributed by atoms with E-state index in [1.807, 2.05) is 59.5 Å². The van der Waals surface area contributed by atoms with Crippen molar-refractivity contribution in [1.29, 1.82) is 0 Å². The molecule has 1 aromatic heterocycles. The zero-order chi connectivity index (χ0) is 26.9. The Balaban J connectivity index is 1.46. The Morgan fingerprint density at radius 3 is 2.26 bits per heavy atom. The monoisotopic (exact) mass is 529 g/mol. The van der Waals surface area contributed by atoms with Gasteiger partial charge in [-0.2, -0.15) is 0 Å². The van der Waals surface area contributed by atoms with Gasteiger partial charge < -0.3 is 10.2 Å². The van der Waals surface area contributed by atoms with Crippen LogP contribution in [0.1, 0.15) is 35.2 Å². The van der Waals surface area contributed by atoms with Crippen molar-refractivity contribution >= 4 is 38.2 Å². The van der Waals surface area contributed by atoms with Crippen molar-refractivity contribution < 1.29 is 13.2 Å². The van der Waals surface area contributed by atoms with E-state index in [0.717, 1.165) is 42.4 Å². The number of carbonyl (C=O) groups is 1. The van der Waals surface area contributed by atoms with Gasteiger partial charge in [0.25, 0.3) is 5.91 Å². The van der Waals surface area contributed by atoms with Gasteiger partial charge in [-0.25, -0.2) is 12.7 Å². The fourth-order valence-corrected chi connectivity index (χ4v) is 5.89. The average Bonchev–Trinajstić information content (AvgIpc) is 2.94. The number of aromatic nitrogens is 2. The lowest BCUT2D eigenvalue weighted by molar-refractivity contribution is 0.0724. The molecular formula is C29H31N5O3S. The number of rotatable bonds is 6. The Morgan fingerprint density at radius 1 is 0.895 bits per heavy atom. The minimum absolute atomic E-state index is 0.0691. The highest BCUT2D eigenvalue weighted by atomic mass is 32.2. The SMILES string of the molecule is Cc1ccc(-c2nnc(Nc3ccc(C(=O)N4CCCCC4)cc3)c3ccccc23)cc1S(=O)(=O)N(C)C. The number of fused-ring (bicyclic) bond motifs is 1. The van der Waals surface area contributed by atoms with Gasteiger partial charge in [-0.3, -0.25) is 4.79 Å². The van der Waals surface area contributed by atoms with Crippen molar-refractivity contribution in [3.63, 3.8) is 0 Å². The highest BCUT2D eigenvalue weighted by Gasteiger charge is 2.22. The van der Waals surface area contributed by atoms with Crippen LogP contribution in [0.15, 0.2) is 71.6 Å². The van der Waals surface area contributed by atoms with Crippen LogP contribution in [-0.4, -0.2) is 60.9 Å². The maximum Gasteiger partial charge on any atom is 0.253 e. The molecule has 196 valence electrons. The summed E-state index contributed by atoms with van der Waals surface area (Å²) >= 11 is 0. The van der Waals surface area contributed by atoms with Crippen molar-refractivity contribution in [2.75, 3.05) is 32.5 Å². The van der Waals surface area contributed by atoms with Crippen molar-refractivity contribution in [1.82, 2.24) is 19.4 Å². The van der Waals surface area contributed by atoms with Crippen LogP contribution >= 0.6 is 0 Å². The average molecular weight is 530 g/mol. The van der Waals surface area contributed by atoms with Crippen LogP contribution in [0.3, 0.4) is 0 Å². The van der Waals surface area contributed by atoms with E-state index in [-0.39, 0.29) is 10.8 Å². The van der Waals surface area contributed by atoms with Crippen LogP contribution in [0.5, 0.6) is 0 Å². The molecule has 1 aliphatic rings. The van der Waals surface area contributed by atoms with Crippen molar-refractivity contribution in [2.45, 2.75) is 31.1 Å². The quantitative estimate of drug-likeness (QED) is 0.368. The lowest BCUT2D eigenvalue weighted by Gasteiger charge is -2.26. The summed E-state index contributed by atoms with van der Waals surface area (Å²) in [6.07, 6.45) is 3.30. The first kappa shape index (κ1) is 25.8. The van der Waals surface area contributed by atoms with Crippen LogP contribution in [0, 0.1) is 6.92 Å². The minimum atomic E-state index is -3.61. The van der Waals surface area contributed by atoms with Gasteiger partial charge in [-0.1, -0.05) is 36.4 Å².